The third-order valence-corrected chi connectivity index (χ3v) is 3.63. The van der Waals surface area contributed by atoms with Gasteiger partial charge in [0.25, 0.3) is 5.91 Å². The Morgan fingerprint density at radius 3 is 2.17 bits per heavy atom. The van der Waals surface area contributed by atoms with E-state index in [0.29, 0.717) is 5.75 Å². The molecule has 2 aromatic carbocycles. The molecule has 2 N–H and O–H groups in total. The first-order valence-corrected chi connectivity index (χ1v) is 7.91. The topological polar surface area (TPSA) is 41.1 Å². The van der Waals surface area contributed by atoms with Crippen LogP contribution in [-0.2, 0) is 5.75 Å². The predicted octanol–water partition coefficient (Wildman–Crippen LogP) is 4.00. The number of anilines is 1. The predicted molar refractivity (Wildman–Crippen MR) is 81.0 cm³/mol. The van der Waals surface area contributed by atoms with Gasteiger partial charge in [-0.05, 0) is 24.0 Å². The lowest BCUT2D eigenvalue weighted by Gasteiger charge is -2.12. The van der Waals surface area contributed by atoms with E-state index in [1.54, 1.807) is 23.6 Å². The maximum atomic E-state index is 13.5. The number of hydrazine groups is 1. The van der Waals surface area contributed by atoms with Crippen molar-refractivity contribution >= 4 is 23.4 Å². The summed E-state index contributed by atoms with van der Waals surface area (Å²) in [5.74, 6) is -10.8. The normalized spacial score (nSPS) is 10.6. The first-order valence-electron chi connectivity index (χ1n) is 6.52. The highest BCUT2D eigenvalue weighted by Crippen LogP contribution is 2.26. The van der Waals surface area contributed by atoms with Crippen molar-refractivity contribution in [2.24, 2.45) is 0 Å². The number of amides is 1. The highest BCUT2D eigenvalue weighted by Gasteiger charge is 2.26. The number of rotatable bonds is 5. The van der Waals surface area contributed by atoms with Gasteiger partial charge in [-0.3, -0.25) is 15.6 Å². The van der Waals surface area contributed by atoms with Crippen LogP contribution in [0.4, 0.5) is 27.6 Å². The van der Waals surface area contributed by atoms with Crippen LogP contribution in [-0.4, -0.2) is 12.2 Å². The van der Waals surface area contributed by atoms with Crippen molar-refractivity contribution in [2.45, 2.75) is 5.75 Å². The van der Waals surface area contributed by atoms with Gasteiger partial charge in [0.2, 0.25) is 5.82 Å². The van der Waals surface area contributed by atoms with E-state index in [1.807, 2.05) is 11.7 Å². The second-order valence-electron chi connectivity index (χ2n) is 4.66. The molecule has 0 saturated carbocycles. The van der Waals surface area contributed by atoms with E-state index in [0.717, 1.165) is 5.56 Å². The van der Waals surface area contributed by atoms with Crippen LogP contribution in [0, 0.1) is 29.1 Å². The summed E-state index contributed by atoms with van der Waals surface area (Å²) >= 11 is 1.53. The molecule has 0 aromatic heterocycles. The van der Waals surface area contributed by atoms with E-state index >= 15 is 0 Å². The fraction of sp³-hybridized carbons (Fsp3) is 0.133. The Bertz CT molecular complexity index is 756. The fourth-order valence-corrected chi connectivity index (χ4v) is 2.39. The molecule has 0 spiro atoms. The van der Waals surface area contributed by atoms with Crippen LogP contribution < -0.4 is 10.9 Å². The summed E-state index contributed by atoms with van der Waals surface area (Å²) < 4.78 is 66.0. The van der Waals surface area contributed by atoms with Crippen LogP contribution in [0.2, 0.25) is 0 Å². The maximum absolute atomic E-state index is 13.5. The maximum Gasteiger partial charge on any atom is 0.269 e. The largest absolute Gasteiger partial charge is 0.293 e. The van der Waals surface area contributed by atoms with Gasteiger partial charge >= 0.3 is 0 Å². The van der Waals surface area contributed by atoms with Crippen molar-refractivity contribution in [3.8, 4) is 0 Å². The van der Waals surface area contributed by atoms with Crippen molar-refractivity contribution in [2.75, 3.05) is 11.7 Å². The van der Waals surface area contributed by atoms with Crippen LogP contribution in [0.15, 0.2) is 24.3 Å². The third-order valence-electron chi connectivity index (χ3n) is 3.01. The Balaban J connectivity index is 2.19. The molecule has 0 bridgehead atoms. The number of halogens is 5. The van der Waals surface area contributed by atoms with Crippen molar-refractivity contribution in [3.63, 3.8) is 0 Å². The molecule has 0 aliphatic rings. The molecule has 24 heavy (non-hydrogen) atoms. The van der Waals surface area contributed by atoms with Gasteiger partial charge < -0.3 is 0 Å². The number of carbonyl (C=O) groups is 1. The molecule has 3 nitrogen and oxygen atoms in total. The second-order valence-corrected chi connectivity index (χ2v) is 5.52. The summed E-state index contributed by atoms with van der Waals surface area (Å²) in [6.45, 7) is 0. The van der Waals surface area contributed by atoms with E-state index in [9.17, 15) is 26.7 Å². The minimum atomic E-state index is -2.27. The average Bonchev–Trinajstić information content (AvgIpc) is 2.58. The van der Waals surface area contributed by atoms with Gasteiger partial charge in [0.1, 0.15) is 5.69 Å². The lowest BCUT2D eigenvalue weighted by molar-refractivity contribution is 0.0962. The van der Waals surface area contributed by atoms with Crippen molar-refractivity contribution in [1.82, 2.24) is 5.43 Å². The SMILES string of the molecule is CSCc1cccc(C(=O)NNc2c(F)c(F)c(F)c(F)c2F)c1. The molecule has 0 radical (unpaired) electrons. The van der Waals surface area contributed by atoms with Gasteiger partial charge in [0.15, 0.2) is 23.3 Å². The number of carbonyl (C=O) groups excluding carboxylic acids is 1. The first-order chi connectivity index (χ1) is 11.4. The van der Waals surface area contributed by atoms with Gasteiger partial charge in [-0.15, -0.1) is 0 Å². The summed E-state index contributed by atoms with van der Waals surface area (Å²) in [5, 5.41) is 0. The number of thioether (sulfide) groups is 1. The molecule has 0 heterocycles. The van der Waals surface area contributed by atoms with Crippen molar-refractivity contribution in [1.29, 1.82) is 0 Å². The molecular weight excluding hydrogens is 351 g/mol. The standard InChI is InChI=1S/C15H11F5N2OS/c1-24-6-7-3-2-4-8(5-7)15(23)22-21-14-12(19)10(17)9(16)11(18)13(14)20/h2-5,21H,6H2,1H3,(H,22,23). The highest BCUT2D eigenvalue weighted by atomic mass is 32.2. The van der Waals surface area contributed by atoms with E-state index in [1.165, 1.54) is 17.8 Å². The third kappa shape index (κ3) is 3.61. The van der Waals surface area contributed by atoms with Gasteiger partial charge in [-0.1, -0.05) is 12.1 Å². The molecule has 1 amide bonds. The van der Waals surface area contributed by atoms with Crippen LogP contribution in [0.25, 0.3) is 0 Å². The highest BCUT2D eigenvalue weighted by molar-refractivity contribution is 7.97. The zero-order valence-electron chi connectivity index (χ0n) is 12.2. The van der Waals surface area contributed by atoms with E-state index in [4.69, 9.17) is 0 Å². The molecule has 0 unspecified atom stereocenters. The Hall–Kier alpha value is -2.29. The Morgan fingerprint density at radius 1 is 1.00 bits per heavy atom. The quantitative estimate of drug-likeness (QED) is 0.366. The van der Waals surface area contributed by atoms with E-state index in [2.05, 4.69) is 0 Å². The summed E-state index contributed by atoms with van der Waals surface area (Å²) in [7, 11) is 0. The Morgan fingerprint density at radius 2 is 1.58 bits per heavy atom. The summed E-state index contributed by atoms with van der Waals surface area (Å²) in [6.07, 6.45) is 1.87. The van der Waals surface area contributed by atoms with Crippen molar-refractivity contribution < 1.29 is 26.7 Å². The number of benzene rings is 2. The summed E-state index contributed by atoms with van der Waals surface area (Å²) in [4.78, 5) is 11.9. The number of nitrogens with one attached hydrogen (secondary N) is 2. The van der Waals surface area contributed by atoms with Gasteiger partial charge in [-0.25, -0.2) is 22.0 Å². The second kappa shape index (κ2) is 7.52. The zero-order valence-corrected chi connectivity index (χ0v) is 13.0. The molecule has 0 fully saturated rings. The average molecular weight is 362 g/mol. The number of hydrogen-bond acceptors (Lipinski definition) is 3. The molecule has 2 aromatic rings. The van der Waals surface area contributed by atoms with E-state index < -0.39 is 40.7 Å². The molecule has 0 aliphatic heterocycles. The van der Waals surface area contributed by atoms with E-state index in [-0.39, 0.29) is 5.56 Å². The Labute approximate surface area is 138 Å². The smallest absolute Gasteiger partial charge is 0.269 e. The minimum absolute atomic E-state index is 0.165. The Kier molecular flexibility index (Phi) is 5.66. The van der Waals surface area contributed by atoms with Gasteiger partial charge in [-0.2, -0.15) is 11.8 Å². The van der Waals surface area contributed by atoms with Crippen molar-refractivity contribution in [3.05, 3.63) is 64.5 Å². The van der Waals surface area contributed by atoms with Crippen LogP contribution in [0.5, 0.6) is 0 Å². The fourth-order valence-electron chi connectivity index (χ4n) is 1.88. The zero-order chi connectivity index (χ0) is 17.9. The number of hydrogen-bond donors (Lipinski definition) is 2. The lowest BCUT2D eigenvalue weighted by Crippen LogP contribution is -2.31. The first kappa shape index (κ1) is 18.1. The summed E-state index contributed by atoms with van der Waals surface area (Å²) in [6, 6.07) is 6.38. The molecule has 9 heteroatoms. The molecule has 0 saturated heterocycles. The monoisotopic (exact) mass is 362 g/mol. The molecule has 0 aliphatic carbocycles. The molecule has 128 valence electrons. The lowest BCUT2D eigenvalue weighted by atomic mass is 10.1. The van der Waals surface area contributed by atoms with Gasteiger partial charge in [0.05, 0.1) is 0 Å². The van der Waals surface area contributed by atoms with Crippen LogP contribution in [0.1, 0.15) is 15.9 Å². The molecular formula is C15H11F5N2OS. The van der Waals surface area contributed by atoms with Gasteiger partial charge in [0, 0.05) is 11.3 Å². The molecule has 0 atom stereocenters. The van der Waals surface area contributed by atoms with Crippen LogP contribution >= 0.6 is 11.8 Å². The summed E-state index contributed by atoms with van der Waals surface area (Å²) in [5.41, 5.74) is 3.32. The minimum Gasteiger partial charge on any atom is -0.293 e. The van der Waals surface area contributed by atoms with Crippen LogP contribution in [0.3, 0.4) is 0 Å². The molecule has 2 rings (SSSR count).